The van der Waals surface area contributed by atoms with Gasteiger partial charge >= 0.3 is 18.2 Å². The van der Waals surface area contributed by atoms with Crippen LogP contribution in [0.1, 0.15) is 26.2 Å². The number of aromatic nitrogens is 4. The lowest BCUT2D eigenvalue weighted by atomic mass is 10.3. The van der Waals surface area contributed by atoms with Crippen LogP contribution in [0.2, 0.25) is 5.02 Å². The van der Waals surface area contributed by atoms with Crippen LogP contribution in [0, 0.1) is 6.92 Å². The van der Waals surface area contributed by atoms with Gasteiger partial charge in [-0.2, -0.15) is 13.5 Å². The summed E-state index contributed by atoms with van der Waals surface area (Å²) in [7, 11) is 0. The number of carbonyl (C=O) groups excluding carboxylic acids is 1. The molecule has 1 aromatic carbocycles. The number of hydrogen-bond donors (Lipinski definition) is 0. The highest BCUT2D eigenvalue weighted by molar-refractivity contribution is 8.02. The van der Waals surface area contributed by atoms with E-state index in [9.17, 15) is 18.4 Å². The van der Waals surface area contributed by atoms with Gasteiger partial charge in [-0.15, -0.1) is 16.4 Å². The van der Waals surface area contributed by atoms with Crippen molar-refractivity contribution >= 4 is 50.9 Å². The summed E-state index contributed by atoms with van der Waals surface area (Å²) in [6.07, 6.45) is 0. The molecule has 2 heterocycles. The number of alkyl halides is 2. The molecule has 28 heavy (non-hydrogen) atoms. The summed E-state index contributed by atoms with van der Waals surface area (Å²) in [5, 5.41) is 3.61. The molecule has 2 aromatic heterocycles. The summed E-state index contributed by atoms with van der Waals surface area (Å²) in [4.78, 5) is 28.5. The number of esters is 1. The van der Waals surface area contributed by atoms with E-state index in [2.05, 4.69) is 10.1 Å². The molecule has 0 saturated carbocycles. The van der Waals surface area contributed by atoms with Crippen LogP contribution in [-0.2, 0) is 9.53 Å². The molecule has 0 aliphatic rings. The number of thiazole rings is 1. The van der Waals surface area contributed by atoms with Crippen molar-refractivity contribution in [2.24, 2.45) is 0 Å². The molecule has 0 fully saturated rings. The van der Waals surface area contributed by atoms with E-state index in [0.29, 0.717) is 16.5 Å². The van der Waals surface area contributed by atoms with Crippen LogP contribution in [0.15, 0.2) is 21.3 Å². The van der Waals surface area contributed by atoms with E-state index in [1.54, 1.807) is 19.9 Å². The average molecular weight is 449 g/mol. The summed E-state index contributed by atoms with van der Waals surface area (Å²) in [5.41, 5.74) is -0.324. The smallest absolute Gasteiger partial charge is 0.355 e. The van der Waals surface area contributed by atoms with Crippen LogP contribution in [0.4, 0.5) is 8.78 Å². The Hall–Kier alpha value is -1.98. The molecule has 150 valence electrons. The minimum atomic E-state index is -3.00. The Morgan fingerprint density at radius 3 is 2.75 bits per heavy atom. The Balaban J connectivity index is 1.99. The van der Waals surface area contributed by atoms with Crippen molar-refractivity contribution in [3.63, 3.8) is 0 Å². The Kier molecular flexibility index (Phi) is 6.06. The Labute approximate surface area is 171 Å². The highest BCUT2D eigenvalue weighted by atomic mass is 35.5. The van der Waals surface area contributed by atoms with E-state index in [1.807, 2.05) is 0 Å². The maximum absolute atomic E-state index is 13.0. The first kappa shape index (κ1) is 20.7. The van der Waals surface area contributed by atoms with Crippen molar-refractivity contribution in [2.75, 3.05) is 6.61 Å². The Morgan fingerprint density at radius 1 is 1.43 bits per heavy atom. The number of rotatable bonds is 6. The van der Waals surface area contributed by atoms with Crippen molar-refractivity contribution in [1.82, 2.24) is 19.3 Å². The third-order valence-corrected chi connectivity index (χ3v) is 6.23. The molecule has 0 aliphatic carbocycles. The lowest BCUT2D eigenvalue weighted by Gasteiger charge is -2.07. The predicted octanol–water partition coefficient (Wildman–Crippen LogP) is 4.04. The molecule has 0 bridgehead atoms. The first-order valence-corrected chi connectivity index (χ1v) is 10.2. The van der Waals surface area contributed by atoms with E-state index in [0.717, 1.165) is 9.38 Å². The molecule has 0 spiro atoms. The highest BCUT2D eigenvalue weighted by Crippen LogP contribution is 2.35. The van der Waals surface area contributed by atoms with Gasteiger partial charge in [0, 0.05) is 0 Å². The zero-order chi connectivity index (χ0) is 20.6. The molecule has 7 nitrogen and oxygen atoms in total. The maximum Gasteiger partial charge on any atom is 0.355 e. The number of fused-ring (bicyclic) bond motifs is 1. The first-order chi connectivity index (χ1) is 13.2. The zero-order valence-electron chi connectivity index (χ0n) is 15.0. The number of thioether (sulfide) groups is 1. The summed E-state index contributed by atoms with van der Waals surface area (Å²) >= 11 is 8.82. The minimum Gasteiger partial charge on any atom is -0.465 e. The van der Waals surface area contributed by atoms with Gasteiger partial charge in [0.15, 0.2) is 4.34 Å². The van der Waals surface area contributed by atoms with E-state index in [-0.39, 0.29) is 27.1 Å². The number of ether oxygens (including phenoxy) is 1. The highest BCUT2D eigenvalue weighted by Gasteiger charge is 2.22. The number of carbonyl (C=O) groups is 1. The summed E-state index contributed by atoms with van der Waals surface area (Å²) in [6, 6.07) is 3.10. The standard InChI is InChI=1S/C16H15ClF2N4O3S2/c1-4-26-13(24)7(2)27-15-20-10-6-11(9(17)5-12(10)28-15)23-16(25)22(14(18)19)8(3)21-23/h5-7,14H,4H2,1-3H3. The fourth-order valence-electron chi connectivity index (χ4n) is 2.45. The third kappa shape index (κ3) is 3.91. The van der Waals surface area contributed by atoms with Crippen LogP contribution in [0.3, 0.4) is 0 Å². The topological polar surface area (TPSA) is 79.0 Å². The summed E-state index contributed by atoms with van der Waals surface area (Å²) in [5.74, 6) is -0.473. The second-order valence-corrected chi connectivity index (χ2v) is 8.68. The maximum atomic E-state index is 13.0. The molecular weight excluding hydrogens is 434 g/mol. The molecule has 0 saturated heterocycles. The normalized spacial score (nSPS) is 12.7. The molecule has 0 aliphatic heterocycles. The average Bonchev–Trinajstić information content (AvgIpc) is 3.13. The SMILES string of the molecule is CCOC(=O)C(C)Sc1nc2cc(-n3nc(C)n(C(F)F)c3=O)c(Cl)cc2s1. The van der Waals surface area contributed by atoms with Crippen molar-refractivity contribution < 1.29 is 18.3 Å². The first-order valence-electron chi connectivity index (χ1n) is 8.13. The molecular formula is C16H15ClF2N4O3S2. The third-order valence-electron chi connectivity index (χ3n) is 3.74. The number of hydrogen-bond acceptors (Lipinski definition) is 7. The van der Waals surface area contributed by atoms with Crippen molar-refractivity contribution in [3.05, 3.63) is 33.5 Å². The van der Waals surface area contributed by atoms with Crippen LogP contribution >= 0.6 is 34.7 Å². The Morgan fingerprint density at radius 2 is 2.14 bits per heavy atom. The van der Waals surface area contributed by atoms with Gasteiger partial charge in [0.05, 0.1) is 27.5 Å². The molecule has 0 N–H and O–H groups in total. The molecule has 0 amide bonds. The van der Waals surface area contributed by atoms with Gasteiger partial charge in [-0.25, -0.2) is 14.3 Å². The van der Waals surface area contributed by atoms with Crippen LogP contribution in [0.25, 0.3) is 15.9 Å². The van der Waals surface area contributed by atoms with E-state index >= 15 is 0 Å². The quantitative estimate of drug-likeness (QED) is 0.418. The van der Waals surface area contributed by atoms with Gasteiger partial charge in [-0.05, 0) is 32.9 Å². The largest absolute Gasteiger partial charge is 0.465 e. The molecule has 1 unspecified atom stereocenters. The minimum absolute atomic E-state index is 0.131. The predicted molar refractivity (Wildman–Crippen MR) is 104 cm³/mol. The van der Waals surface area contributed by atoms with Crippen LogP contribution in [0.5, 0.6) is 0 Å². The number of benzene rings is 1. The summed E-state index contributed by atoms with van der Waals surface area (Å²) in [6.45, 7) is 2.05. The lowest BCUT2D eigenvalue weighted by molar-refractivity contribution is -0.142. The molecule has 0 radical (unpaired) electrons. The van der Waals surface area contributed by atoms with Gasteiger partial charge in [0.2, 0.25) is 0 Å². The molecule has 3 aromatic rings. The summed E-state index contributed by atoms with van der Waals surface area (Å²) < 4.78 is 33.5. The van der Waals surface area contributed by atoms with Gasteiger partial charge < -0.3 is 4.74 Å². The monoisotopic (exact) mass is 448 g/mol. The zero-order valence-corrected chi connectivity index (χ0v) is 17.4. The second kappa shape index (κ2) is 8.18. The molecule has 12 heteroatoms. The van der Waals surface area contributed by atoms with Gasteiger partial charge in [0.25, 0.3) is 0 Å². The van der Waals surface area contributed by atoms with Crippen LogP contribution in [-0.4, -0.2) is 37.2 Å². The van der Waals surface area contributed by atoms with Gasteiger partial charge in [0.1, 0.15) is 11.1 Å². The van der Waals surface area contributed by atoms with Crippen molar-refractivity contribution in [2.45, 2.75) is 36.9 Å². The fourth-order valence-corrected chi connectivity index (χ4v) is 4.99. The van der Waals surface area contributed by atoms with Crippen LogP contribution < -0.4 is 5.69 Å². The van der Waals surface area contributed by atoms with E-state index in [1.165, 1.54) is 36.1 Å². The van der Waals surface area contributed by atoms with E-state index in [4.69, 9.17) is 16.3 Å². The van der Waals surface area contributed by atoms with Gasteiger partial charge in [-0.1, -0.05) is 23.4 Å². The fraction of sp³-hybridized carbons (Fsp3) is 0.375. The Bertz CT molecular complexity index is 1100. The number of aryl methyl sites for hydroxylation is 1. The van der Waals surface area contributed by atoms with E-state index < -0.39 is 17.5 Å². The molecule has 1 atom stereocenters. The number of halogens is 3. The number of nitrogens with zero attached hydrogens (tertiary/aromatic N) is 4. The van der Waals surface area contributed by atoms with Crippen molar-refractivity contribution in [3.8, 4) is 5.69 Å². The second-order valence-electron chi connectivity index (χ2n) is 5.65. The van der Waals surface area contributed by atoms with Crippen molar-refractivity contribution in [1.29, 1.82) is 0 Å². The van der Waals surface area contributed by atoms with Gasteiger partial charge in [-0.3, -0.25) is 4.79 Å². The lowest BCUT2D eigenvalue weighted by Crippen LogP contribution is -2.24. The molecule has 3 rings (SSSR count).